The van der Waals surface area contributed by atoms with Gasteiger partial charge >= 0.3 is 0 Å². The Morgan fingerprint density at radius 2 is 1.83 bits per heavy atom. The summed E-state index contributed by atoms with van der Waals surface area (Å²) in [6.45, 7) is 8.48. The standard InChI is InChI=1S/C20H27FN4O3S/c1-3-8-22-18(26)13-24-9-11-25(12-10-24)20(28)15(2)29-14-19(27)23-17-6-4-16(21)5-7-17/h3-7,15H,1,8-14H2,2H3,(H,22,26)(H,23,27). The summed E-state index contributed by atoms with van der Waals surface area (Å²) in [6.07, 6.45) is 1.63. The molecule has 1 aromatic carbocycles. The predicted molar refractivity (Wildman–Crippen MR) is 113 cm³/mol. The maximum Gasteiger partial charge on any atom is 0.235 e. The second-order valence-corrected chi connectivity index (χ2v) is 8.03. The van der Waals surface area contributed by atoms with Crippen LogP contribution >= 0.6 is 11.8 Å². The van der Waals surface area contributed by atoms with Crippen LogP contribution in [0.5, 0.6) is 0 Å². The summed E-state index contributed by atoms with van der Waals surface area (Å²) in [5.74, 6) is -0.542. The van der Waals surface area contributed by atoms with Crippen molar-refractivity contribution in [2.45, 2.75) is 12.2 Å². The maximum absolute atomic E-state index is 12.9. The average Bonchev–Trinajstić information content (AvgIpc) is 2.72. The minimum absolute atomic E-state index is 0.0136. The van der Waals surface area contributed by atoms with Crippen molar-refractivity contribution in [2.75, 3.05) is 50.3 Å². The van der Waals surface area contributed by atoms with Crippen molar-refractivity contribution in [1.29, 1.82) is 0 Å². The number of carbonyl (C=O) groups excluding carboxylic acids is 3. The van der Waals surface area contributed by atoms with Crippen LogP contribution in [-0.4, -0.2) is 77.8 Å². The molecule has 1 aromatic rings. The van der Waals surface area contributed by atoms with Gasteiger partial charge in [-0.1, -0.05) is 6.08 Å². The number of carbonyl (C=O) groups is 3. The number of amides is 3. The van der Waals surface area contributed by atoms with E-state index < -0.39 is 0 Å². The fourth-order valence-electron chi connectivity index (χ4n) is 2.83. The van der Waals surface area contributed by atoms with Crippen molar-refractivity contribution in [3.05, 3.63) is 42.7 Å². The Bertz CT molecular complexity index is 721. The third kappa shape index (κ3) is 7.86. The van der Waals surface area contributed by atoms with Gasteiger partial charge in [0.1, 0.15) is 5.82 Å². The molecule has 0 spiro atoms. The molecule has 1 heterocycles. The van der Waals surface area contributed by atoms with Gasteiger partial charge in [-0.25, -0.2) is 4.39 Å². The van der Waals surface area contributed by atoms with Gasteiger partial charge in [-0.15, -0.1) is 18.3 Å². The number of benzene rings is 1. The van der Waals surface area contributed by atoms with E-state index in [1.807, 2.05) is 4.90 Å². The van der Waals surface area contributed by atoms with Gasteiger partial charge in [0.15, 0.2) is 0 Å². The molecule has 3 amide bonds. The number of nitrogens with zero attached hydrogens (tertiary/aromatic N) is 2. The minimum atomic E-state index is -0.367. The summed E-state index contributed by atoms with van der Waals surface area (Å²) in [5, 5.41) is 5.07. The SMILES string of the molecule is C=CCNC(=O)CN1CCN(C(=O)C(C)SCC(=O)Nc2ccc(F)cc2)CC1. The zero-order chi connectivity index (χ0) is 21.2. The molecule has 2 rings (SSSR count). The van der Waals surface area contributed by atoms with Crippen molar-refractivity contribution in [2.24, 2.45) is 0 Å². The van der Waals surface area contributed by atoms with Gasteiger partial charge < -0.3 is 15.5 Å². The van der Waals surface area contributed by atoms with E-state index in [-0.39, 0.29) is 34.5 Å². The molecule has 1 fully saturated rings. The van der Waals surface area contributed by atoms with Gasteiger partial charge in [-0.2, -0.15) is 0 Å². The molecule has 1 unspecified atom stereocenters. The fraction of sp³-hybridized carbons (Fsp3) is 0.450. The Morgan fingerprint density at radius 1 is 1.17 bits per heavy atom. The summed E-state index contributed by atoms with van der Waals surface area (Å²) in [7, 11) is 0. The highest BCUT2D eigenvalue weighted by molar-refractivity contribution is 8.01. The molecule has 1 aliphatic heterocycles. The lowest BCUT2D eigenvalue weighted by atomic mass is 10.3. The monoisotopic (exact) mass is 422 g/mol. The number of rotatable bonds is 9. The van der Waals surface area contributed by atoms with E-state index in [4.69, 9.17) is 0 Å². The zero-order valence-corrected chi connectivity index (χ0v) is 17.3. The molecule has 0 aromatic heterocycles. The Kier molecular flexibility index (Phi) is 9.14. The summed E-state index contributed by atoms with van der Waals surface area (Å²) in [4.78, 5) is 40.2. The summed E-state index contributed by atoms with van der Waals surface area (Å²) >= 11 is 1.26. The van der Waals surface area contributed by atoms with Gasteiger partial charge in [-0.05, 0) is 31.2 Å². The molecular weight excluding hydrogens is 395 g/mol. The average molecular weight is 423 g/mol. The van der Waals surface area contributed by atoms with Crippen LogP contribution in [0.1, 0.15) is 6.92 Å². The van der Waals surface area contributed by atoms with Crippen molar-refractivity contribution in [1.82, 2.24) is 15.1 Å². The first kappa shape index (κ1) is 22.9. The molecule has 1 aliphatic rings. The van der Waals surface area contributed by atoms with Crippen LogP contribution in [0.3, 0.4) is 0 Å². The van der Waals surface area contributed by atoms with E-state index in [0.717, 1.165) is 0 Å². The second kappa shape index (κ2) is 11.6. The lowest BCUT2D eigenvalue weighted by molar-refractivity contribution is -0.132. The van der Waals surface area contributed by atoms with Gasteiger partial charge in [0, 0.05) is 38.4 Å². The molecule has 0 aliphatic carbocycles. The zero-order valence-electron chi connectivity index (χ0n) is 16.5. The molecule has 7 nitrogen and oxygen atoms in total. The Balaban J connectivity index is 1.69. The summed E-state index contributed by atoms with van der Waals surface area (Å²) < 4.78 is 12.9. The van der Waals surface area contributed by atoms with E-state index >= 15 is 0 Å². The van der Waals surface area contributed by atoms with Crippen molar-refractivity contribution in [3.63, 3.8) is 0 Å². The quantitative estimate of drug-likeness (QED) is 0.587. The number of piperazine rings is 1. The number of hydrogen-bond acceptors (Lipinski definition) is 5. The molecule has 0 bridgehead atoms. The smallest absolute Gasteiger partial charge is 0.235 e. The molecule has 0 saturated carbocycles. The number of hydrogen-bond donors (Lipinski definition) is 2. The van der Waals surface area contributed by atoms with Crippen LogP contribution in [0.15, 0.2) is 36.9 Å². The van der Waals surface area contributed by atoms with Gasteiger partial charge in [0.25, 0.3) is 0 Å². The summed E-state index contributed by atoms with van der Waals surface area (Å²) in [6, 6.07) is 5.53. The van der Waals surface area contributed by atoms with Crippen molar-refractivity contribution < 1.29 is 18.8 Å². The molecular formula is C20H27FN4O3S. The minimum Gasteiger partial charge on any atom is -0.352 e. The molecule has 9 heteroatoms. The van der Waals surface area contributed by atoms with Crippen LogP contribution in [0.4, 0.5) is 10.1 Å². The molecule has 1 saturated heterocycles. The third-order valence-electron chi connectivity index (χ3n) is 4.43. The van der Waals surface area contributed by atoms with E-state index in [9.17, 15) is 18.8 Å². The molecule has 1 atom stereocenters. The van der Waals surface area contributed by atoms with Crippen LogP contribution < -0.4 is 10.6 Å². The van der Waals surface area contributed by atoms with E-state index in [0.29, 0.717) is 45.0 Å². The van der Waals surface area contributed by atoms with Crippen molar-refractivity contribution in [3.8, 4) is 0 Å². The normalized spacial score (nSPS) is 15.4. The first-order chi connectivity index (χ1) is 13.9. The topological polar surface area (TPSA) is 81.8 Å². The van der Waals surface area contributed by atoms with Crippen LogP contribution in [0.2, 0.25) is 0 Å². The number of nitrogens with one attached hydrogen (secondary N) is 2. The molecule has 158 valence electrons. The van der Waals surface area contributed by atoms with Crippen molar-refractivity contribution >= 4 is 35.2 Å². The Hall–Kier alpha value is -2.39. The highest BCUT2D eigenvalue weighted by atomic mass is 32.2. The highest BCUT2D eigenvalue weighted by Gasteiger charge is 2.26. The number of anilines is 1. The van der Waals surface area contributed by atoms with Gasteiger partial charge in [0.2, 0.25) is 17.7 Å². The molecule has 2 N–H and O–H groups in total. The Morgan fingerprint density at radius 3 is 2.45 bits per heavy atom. The fourth-order valence-corrected chi connectivity index (χ4v) is 3.60. The lowest BCUT2D eigenvalue weighted by Gasteiger charge is -2.35. The predicted octanol–water partition coefficient (Wildman–Crippen LogP) is 1.33. The van der Waals surface area contributed by atoms with Gasteiger partial charge in [-0.3, -0.25) is 19.3 Å². The van der Waals surface area contributed by atoms with Gasteiger partial charge in [0.05, 0.1) is 17.5 Å². The third-order valence-corrected chi connectivity index (χ3v) is 5.57. The number of thioether (sulfide) groups is 1. The Labute approximate surface area is 174 Å². The highest BCUT2D eigenvalue weighted by Crippen LogP contribution is 2.16. The lowest BCUT2D eigenvalue weighted by Crippen LogP contribution is -2.52. The largest absolute Gasteiger partial charge is 0.352 e. The van der Waals surface area contributed by atoms with E-state index in [1.54, 1.807) is 17.9 Å². The first-order valence-corrected chi connectivity index (χ1v) is 10.5. The molecule has 0 radical (unpaired) electrons. The second-order valence-electron chi connectivity index (χ2n) is 6.70. The van der Waals surface area contributed by atoms with Crippen LogP contribution in [-0.2, 0) is 14.4 Å². The maximum atomic E-state index is 12.9. The van der Waals surface area contributed by atoms with Crippen LogP contribution in [0, 0.1) is 5.82 Å². The van der Waals surface area contributed by atoms with E-state index in [1.165, 1.54) is 36.0 Å². The van der Waals surface area contributed by atoms with Crippen LogP contribution in [0.25, 0.3) is 0 Å². The molecule has 29 heavy (non-hydrogen) atoms. The first-order valence-electron chi connectivity index (χ1n) is 9.45. The summed E-state index contributed by atoms with van der Waals surface area (Å²) in [5.41, 5.74) is 0.518. The van der Waals surface area contributed by atoms with E-state index in [2.05, 4.69) is 17.2 Å². The number of halogens is 1.